The molecular weight excluding hydrogens is 244 g/mol. The second-order valence-corrected chi connectivity index (χ2v) is 4.85. The molecule has 6 nitrogen and oxygen atoms in total. The van der Waals surface area contributed by atoms with Crippen molar-refractivity contribution in [3.05, 3.63) is 0 Å². The molecule has 0 aromatic carbocycles. The van der Waals surface area contributed by atoms with Crippen LogP contribution in [-0.2, 0) is 14.4 Å². The van der Waals surface area contributed by atoms with Gasteiger partial charge in [0.2, 0.25) is 11.8 Å². The van der Waals surface area contributed by atoms with Crippen molar-refractivity contribution in [2.24, 2.45) is 0 Å². The minimum Gasteiger partial charge on any atom is -0.480 e. The van der Waals surface area contributed by atoms with Crippen molar-refractivity contribution in [1.29, 1.82) is 0 Å². The normalized spacial score (nSPS) is 11.7. The van der Waals surface area contributed by atoms with Crippen LogP contribution in [0.25, 0.3) is 0 Å². The van der Waals surface area contributed by atoms with E-state index in [-0.39, 0.29) is 17.6 Å². The molecule has 0 aliphatic carbocycles. The molecule has 0 heterocycles. The lowest BCUT2D eigenvalue weighted by Gasteiger charge is -2.13. The van der Waals surface area contributed by atoms with Gasteiger partial charge in [-0.3, -0.25) is 9.59 Å². The number of rotatable bonds is 7. The van der Waals surface area contributed by atoms with E-state index in [1.54, 1.807) is 14.1 Å². The number of hydrogen-bond acceptors (Lipinski definition) is 4. The van der Waals surface area contributed by atoms with Gasteiger partial charge in [-0.05, 0) is 0 Å². The smallest absolute Gasteiger partial charge is 0.327 e. The lowest BCUT2D eigenvalue weighted by molar-refractivity contribution is -0.140. The number of carboxylic acids is 1. The highest BCUT2D eigenvalue weighted by atomic mass is 32.2. The van der Waals surface area contributed by atoms with E-state index in [2.05, 4.69) is 5.32 Å². The molecule has 0 unspecified atom stereocenters. The second-order valence-electron chi connectivity index (χ2n) is 3.70. The first kappa shape index (κ1) is 15.8. The third-order valence-electron chi connectivity index (χ3n) is 1.92. The van der Waals surface area contributed by atoms with Crippen LogP contribution in [0, 0.1) is 0 Å². The first-order valence-corrected chi connectivity index (χ1v) is 6.28. The molecule has 7 heteroatoms. The largest absolute Gasteiger partial charge is 0.480 e. The van der Waals surface area contributed by atoms with Crippen LogP contribution < -0.4 is 5.32 Å². The summed E-state index contributed by atoms with van der Waals surface area (Å²) in [5.74, 6) is -0.631. The average molecular weight is 262 g/mol. The van der Waals surface area contributed by atoms with Crippen LogP contribution in [0.4, 0.5) is 0 Å². The molecule has 17 heavy (non-hydrogen) atoms. The quantitative estimate of drug-likeness (QED) is 0.620. The molecule has 0 radical (unpaired) electrons. The highest BCUT2D eigenvalue weighted by molar-refractivity contribution is 7.99. The maximum Gasteiger partial charge on any atom is 0.327 e. The molecule has 0 aromatic heterocycles. The van der Waals surface area contributed by atoms with Crippen molar-refractivity contribution in [3.8, 4) is 0 Å². The summed E-state index contributed by atoms with van der Waals surface area (Å²) in [6.07, 6.45) is 0.365. The summed E-state index contributed by atoms with van der Waals surface area (Å²) in [5, 5.41) is 11.2. The van der Waals surface area contributed by atoms with E-state index in [1.165, 1.54) is 23.6 Å². The van der Waals surface area contributed by atoms with Gasteiger partial charge >= 0.3 is 5.97 Å². The lowest BCUT2D eigenvalue weighted by atomic mass is 10.3. The topological polar surface area (TPSA) is 86.7 Å². The third-order valence-corrected chi connectivity index (χ3v) is 2.98. The van der Waals surface area contributed by atoms with Crippen LogP contribution in [0.15, 0.2) is 0 Å². The van der Waals surface area contributed by atoms with Crippen molar-refractivity contribution in [3.63, 3.8) is 0 Å². The molecule has 98 valence electrons. The maximum atomic E-state index is 11.2. The molecule has 0 fully saturated rings. The van der Waals surface area contributed by atoms with Gasteiger partial charge in [-0.15, -0.1) is 0 Å². The molecule has 2 amide bonds. The Balaban J connectivity index is 3.87. The van der Waals surface area contributed by atoms with Gasteiger partial charge in [0, 0.05) is 38.9 Å². The van der Waals surface area contributed by atoms with Crippen molar-refractivity contribution >= 4 is 29.5 Å². The fourth-order valence-corrected chi connectivity index (χ4v) is 1.95. The van der Waals surface area contributed by atoms with Gasteiger partial charge in [-0.25, -0.2) is 4.79 Å². The highest BCUT2D eigenvalue weighted by Crippen LogP contribution is 2.06. The zero-order chi connectivity index (χ0) is 13.4. The summed E-state index contributed by atoms with van der Waals surface area (Å²) >= 11 is 1.33. The van der Waals surface area contributed by atoms with E-state index in [1.807, 2.05) is 0 Å². The molecule has 0 rings (SSSR count). The summed E-state index contributed by atoms with van der Waals surface area (Å²) in [7, 11) is 3.34. The number of carbonyl (C=O) groups is 3. The minimum absolute atomic E-state index is 0.00361. The molecule has 0 aromatic rings. The summed E-state index contributed by atoms with van der Waals surface area (Å²) in [5.41, 5.74) is 0. The zero-order valence-corrected chi connectivity index (χ0v) is 11.0. The van der Waals surface area contributed by atoms with E-state index >= 15 is 0 Å². The second kappa shape index (κ2) is 7.94. The summed E-state index contributed by atoms with van der Waals surface area (Å²) in [6, 6.07) is -0.896. The summed E-state index contributed by atoms with van der Waals surface area (Å²) in [6.45, 7) is 1.27. The van der Waals surface area contributed by atoms with E-state index in [9.17, 15) is 14.4 Å². The van der Waals surface area contributed by atoms with Crippen molar-refractivity contribution < 1.29 is 19.5 Å². The predicted molar refractivity (Wildman–Crippen MR) is 65.9 cm³/mol. The van der Waals surface area contributed by atoms with Crippen LogP contribution >= 0.6 is 11.8 Å². The van der Waals surface area contributed by atoms with Crippen molar-refractivity contribution in [2.45, 2.75) is 19.4 Å². The fraction of sp³-hybridized carbons (Fsp3) is 0.700. The Morgan fingerprint density at radius 3 is 2.35 bits per heavy atom. The molecule has 0 saturated carbocycles. The minimum atomic E-state index is -1.06. The number of nitrogens with one attached hydrogen (secondary N) is 1. The Morgan fingerprint density at radius 2 is 1.94 bits per heavy atom. The molecular formula is C10H18N2O4S. The van der Waals surface area contributed by atoms with Gasteiger partial charge in [0.05, 0.1) is 0 Å². The van der Waals surface area contributed by atoms with E-state index in [0.29, 0.717) is 12.2 Å². The molecule has 0 aliphatic rings. The highest BCUT2D eigenvalue weighted by Gasteiger charge is 2.18. The average Bonchev–Trinajstić information content (AvgIpc) is 2.21. The number of thioether (sulfide) groups is 1. The standard InChI is InChI=1S/C10H18N2O4S/c1-7(13)11-8(10(15)16)6-17-5-4-9(14)12(2)3/h8H,4-6H2,1-3H3,(H,11,13)(H,15,16)/t8-/m0/s1. The van der Waals surface area contributed by atoms with Gasteiger partial charge in [-0.2, -0.15) is 11.8 Å². The monoisotopic (exact) mass is 262 g/mol. The van der Waals surface area contributed by atoms with Crippen LogP contribution in [-0.4, -0.2) is 59.4 Å². The van der Waals surface area contributed by atoms with E-state index < -0.39 is 12.0 Å². The van der Waals surface area contributed by atoms with Crippen LogP contribution in [0.1, 0.15) is 13.3 Å². The SMILES string of the molecule is CC(=O)N[C@@H](CSCCC(=O)N(C)C)C(=O)O. The van der Waals surface area contributed by atoms with Crippen molar-refractivity contribution in [1.82, 2.24) is 10.2 Å². The maximum absolute atomic E-state index is 11.2. The Bertz CT molecular complexity index is 294. The van der Waals surface area contributed by atoms with Crippen LogP contribution in [0.2, 0.25) is 0 Å². The Morgan fingerprint density at radius 1 is 1.35 bits per heavy atom. The number of amides is 2. The Labute approximate surface area is 105 Å². The summed E-state index contributed by atoms with van der Waals surface area (Å²) in [4.78, 5) is 34.2. The van der Waals surface area contributed by atoms with Gasteiger partial charge in [0.1, 0.15) is 6.04 Å². The number of carbonyl (C=O) groups excluding carboxylic acids is 2. The van der Waals surface area contributed by atoms with Crippen LogP contribution in [0.3, 0.4) is 0 Å². The fourth-order valence-electron chi connectivity index (χ4n) is 1.00. The number of nitrogens with zero attached hydrogens (tertiary/aromatic N) is 1. The summed E-state index contributed by atoms with van der Waals surface area (Å²) < 4.78 is 0. The first-order chi connectivity index (χ1) is 7.84. The first-order valence-electron chi connectivity index (χ1n) is 5.12. The molecule has 0 saturated heterocycles. The lowest BCUT2D eigenvalue weighted by Crippen LogP contribution is -2.41. The number of aliphatic carboxylic acids is 1. The van der Waals surface area contributed by atoms with Gasteiger partial charge in [0.15, 0.2) is 0 Å². The third kappa shape index (κ3) is 7.62. The number of carboxylic acid groups (broad SMARTS) is 1. The number of hydrogen-bond donors (Lipinski definition) is 2. The van der Waals surface area contributed by atoms with Gasteiger partial charge in [-0.1, -0.05) is 0 Å². The van der Waals surface area contributed by atoms with Crippen molar-refractivity contribution in [2.75, 3.05) is 25.6 Å². The molecule has 2 N–H and O–H groups in total. The molecule has 0 bridgehead atoms. The van der Waals surface area contributed by atoms with Gasteiger partial charge < -0.3 is 15.3 Å². The van der Waals surface area contributed by atoms with E-state index in [0.717, 1.165) is 0 Å². The van der Waals surface area contributed by atoms with Crippen LogP contribution in [0.5, 0.6) is 0 Å². The Kier molecular flexibility index (Phi) is 7.36. The molecule has 0 spiro atoms. The van der Waals surface area contributed by atoms with E-state index in [4.69, 9.17) is 5.11 Å². The Hall–Kier alpha value is -1.24. The molecule has 1 atom stereocenters. The van der Waals surface area contributed by atoms with Gasteiger partial charge in [0.25, 0.3) is 0 Å². The predicted octanol–water partition coefficient (Wildman–Crippen LogP) is -0.213. The zero-order valence-electron chi connectivity index (χ0n) is 10.2. The molecule has 0 aliphatic heterocycles.